The highest BCUT2D eigenvalue weighted by Gasteiger charge is 2.31. The molecule has 1 aliphatic heterocycles. The normalized spacial score (nSPS) is 25.3. The smallest absolute Gasteiger partial charge is 0.242 e. The van der Waals surface area contributed by atoms with Gasteiger partial charge in [-0.3, -0.25) is 9.59 Å². The van der Waals surface area contributed by atoms with Crippen molar-refractivity contribution < 1.29 is 14.3 Å². The third-order valence-corrected chi connectivity index (χ3v) is 2.72. The quantitative estimate of drug-likeness (QED) is 0.634. The van der Waals surface area contributed by atoms with Crippen LogP contribution in [-0.2, 0) is 14.3 Å². The molecule has 1 saturated heterocycles. The van der Waals surface area contributed by atoms with Crippen LogP contribution in [0, 0.1) is 5.92 Å². The third-order valence-electron chi connectivity index (χ3n) is 2.72. The SMILES string of the molecule is COCC1CC(C)N(C(=O)CNC=O)C1. The number of carbonyl (C=O) groups is 2. The van der Waals surface area contributed by atoms with E-state index in [2.05, 4.69) is 5.32 Å². The molecule has 1 fully saturated rings. The van der Waals surface area contributed by atoms with Gasteiger partial charge in [0.05, 0.1) is 13.2 Å². The molecule has 5 nitrogen and oxygen atoms in total. The zero-order valence-electron chi connectivity index (χ0n) is 9.23. The number of nitrogens with zero attached hydrogens (tertiary/aromatic N) is 1. The Labute approximate surface area is 89.8 Å². The van der Waals surface area contributed by atoms with Crippen molar-refractivity contribution in [2.24, 2.45) is 5.92 Å². The van der Waals surface area contributed by atoms with Gasteiger partial charge < -0.3 is 15.0 Å². The molecule has 0 aromatic heterocycles. The lowest BCUT2D eigenvalue weighted by Crippen LogP contribution is -2.40. The summed E-state index contributed by atoms with van der Waals surface area (Å²) in [4.78, 5) is 23.5. The average Bonchev–Trinajstić information content (AvgIpc) is 2.57. The number of methoxy groups -OCH3 is 1. The Balaban J connectivity index is 2.41. The van der Waals surface area contributed by atoms with Gasteiger partial charge in [0, 0.05) is 25.6 Å². The van der Waals surface area contributed by atoms with E-state index in [1.807, 2.05) is 6.92 Å². The van der Waals surface area contributed by atoms with Crippen LogP contribution in [0.3, 0.4) is 0 Å². The molecule has 0 bridgehead atoms. The second kappa shape index (κ2) is 5.70. The summed E-state index contributed by atoms with van der Waals surface area (Å²) in [5, 5.41) is 2.39. The van der Waals surface area contributed by atoms with Gasteiger partial charge in [0.2, 0.25) is 12.3 Å². The number of rotatable bonds is 5. The van der Waals surface area contributed by atoms with E-state index in [0.717, 1.165) is 13.0 Å². The molecule has 1 rings (SSSR count). The molecule has 1 N–H and O–H groups in total. The summed E-state index contributed by atoms with van der Waals surface area (Å²) in [5.74, 6) is 0.401. The van der Waals surface area contributed by atoms with E-state index in [0.29, 0.717) is 18.9 Å². The van der Waals surface area contributed by atoms with Gasteiger partial charge in [0.25, 0.3) is 0 Å². The van der Waals surface area contributed by atoms with E-state index >= 15 is 0 Å². The maximum atomic E-state index is 11.6. The van der Waals surface area contributed by atoms with E-state index in [1.54, 1.807) is 12.0 Å². The monoisotopic (exact) mass is 214 g/mol. The molecule has 0 saturated carbocycles. The first-order valence-electron chi connectivity index (χ1n) is 5.14. The minimum Gasteiger partial charge on any atom is -0.384 e. The van der Waals surface area contributed by atoms with Gasteiger partial charge in [0.1, 0.15) is 0 Å². The number of hydrogen-bond donors (Lipinski definition) is 1. The van der Waals surface area contributed by atoms with Gasteiger partial charge in [-0.2, -0.15) is 0 Å². The lowest BCUT2D eigenvalue weighted by Gasteiger charge is -2.21. The van der Waals surface area contributed by atoms with Gasteiger partial charge in [-0.05, 0) is 13.3 Å². The molecular weight excluding hydrogens is 196 g/mol. The predicted molar refractivity (Wildman–Crippen MR) is 55.2 cm³/mol. The van der Waals surface area contributed by atoms with Crippen molar-refractivity contribution in [1.29, 1.82) is 0 Å². The molecule has 0 aromatic rings. The van der Waals surface area contributed by atoms with Crippen LogP contribution in [-0.4, -0.2) is 50.1 Å². The first kappa shape index (κ1) is 12.0. The van der Waals surface area contributed by atoms with Crippen molar-refractivity contribution in [3.63, 3.8) is 0 Å². The summed E-state index contributed by atoms with van der Waals surface area (Å²) < 4.78 is 5.07. The highest BCUT2D eigenvalue weighted by molar-refractivity contribution is 5.80. The molecule has 2 amide bonds. The number of amides is 2. The molecule has 0 aliphatic carbocycles. The lowest BCUT2D eigenvalue weighted by atomic mass is 10.1. The summed E-state index contributed by atoms with van der Waals surface area (Å²) in [7, 11) is 1.67. The standard InChI is InChI=1S/C10H18N2O3/c1-8-3-9(6-15-2)5-12(8)10(14)4-11-7-13/h7-9H,3-6H2,1-2H3,(H,11,13). The van der Waals surface area contributed by atoms with Gasteiger partial charge in [-0.1, -0.05) is 0 Å². The summed E-state index contributed by atoms with van der Waals surface area (Å²) in [6.45, 7) is 3.53. The zero-order chi connectivity index (χ0) is 11.3. The van der Waals surface area contributed by atoms with Gasteiger partial charge in [0.15, 0.2) is 0 Å². The van der Waals surface area contributed by atoms with Crippen LogP contribution in [0.25, 0.3) is 0 Å². The molecule has 0 spiro atoms. The van der Waals surface area contributed by atoms with Gasteiger partial charge >= 0.3 is 0 Å². The lowest BCUT2D eigenvalue weighted by molar-refractivity contribution is -0.131. The fourth-order valence-corrected chi connectivity index (χ4v) is 2.08. The Morgan fingerprint density at radius 3 is 3.00 bits per heavy atom. The van der Waals surface area contributed by atoms with Crippen LogP contribution in [0.1, 0.15) is 13.3 Å². The molecule has 0 aromatic carbocycles. The van der Waals surface area contributed by atoms with Gasteiger partial charge in [-0.25, -0.2) is 0 Å². The van der Waals surface area contributed by atoms with E-state index < -0.39 is 0 Å². The highest BCUT2D eigenvalue weighted by atomic mass is 16.5. The largest absolute Gasteiger partial charge is 0.384 e. The number of likely N-dealkylation sites (tertiary alicyclic amines) is 1. The maximum Gasteiger partial charge on any atom is 0.242 e. The second-order valence-corrected chi connectivity index (χ2v) is 3.95. The van der Waals surface area contributed by atoms with E-state index in [4.69, 9.17) is 4.74 Å². The van der Waals surface area contributed by atoms with Crippen LogP contribution in [0.2, 0.25) is 0 Å². The van der Waals surface area contributed by atoms with Crippen molar-refractivity contribution >= 4 is 12.3 Å². The van der Waals surface area contributed by atoms with Crippen molar-refractivity contribution in [1.82, 2.24) is 10.2 Å². The maximum absolute atomic E-state index is 11.6. The van der Waals surface area contributed by atoms with Crippen molar-refractivity contribution in [3.8, 4) is 0 Å². The molecule has 1 aliphatic rings. The van der Waals surface area contributed by atoms with Crippen LogP contribution >= 0.6 is 0 Å². The molecule has 2 unspecified atom stereocenters. The Bertz CT molecular complexity index is 233. The first-order valence-corrected chi connectivity index (χ1v) is 5.14. The molecule has 86 valence electrons. The van der Waals surface area contributed by atoms with Crippen LogP contribution in [0.4, 0.5) is 0 Å². The van der Waals surface area contributed by atoms with E-state index in [9.17, 15) is 9.59 Å². The molecule has 15 heavy (non-hydrogen) atoms. The fraction of sp³-hybridized carbons (Fsp3) is 0.800. The van der Waals surface area contributed by atoms with Crippen molar-refractivity contribution in [3.05, 3.63) is 0 Å². The summed E-state index contributed by atoms with van der Waals surface area (Å²) in [6.07, 6.45) is 1.52. The number of nitrogens with one attached hydrogen (secondary N) is 1. The zero-order valence-corrected chi connectivity index (χ0v) is 9.23. The molecule has 1 heterocycles. The minimum absolute atomic E-state index is 0.0202. The second-order valence-electron chi connectivity index (χ2n) is 3.95. The number of hydrogen-bond acceptors (Lipinski definition) is 3. The van der Waals surface area contributed by atoms with Crippen LogP contribution in [0.5, 0.6) is 0 Å². The highest BCUT2D eigenvalue weighted by Crippen LogP contribution is 2.22. The number of carbonyl (C=O) groups excluding carboxylic acids is 2. The van der Waals surface area contributed by atoms with E-state index in [-0.39, 0.29) is 18.5 Å². The Morgan fingerprint density at radius 1 is 1.67 bits per heavy atom. The van der Waals surface area contributed by atoms with Crippen molar-refractivity contribution in [2.75, 3.05) is 26.8 Å². The number of ether oxygens (including phenoxy) is 1. The van der Waals surface area contributed by atoms with E-state index in [1.165, 1.54) is 0 Å². The first-order chi connectivity index (χ1) is 7.19. The fourth-order valence-electron chi connectivity index (χ4n) is 2.08. The van der Waals surface area contributed by atoms with Crippen molar-refractivity contribution in [2.45, 2.75) is 19.4 Å². The summed E-state index contributed by atoms with van der Waals surface area (Å²) in [6, 6.07) is 0.242. The summed E-state index contributed by atoms with van der Waals surface area (Å²) >= 11 is 0. The molecule has 5 heteroatoms. The van der Waals surface area contributed by atoms with Crippen LogP contribution < -0.4 is 5.32 Å². The topological polar surface area (TPSA) is 58.6 Å². The molecule has 2 atom stereocenters. The molecule has 0 radical (unpaired) electrons. The predicted octanol–water partition coefficient (Wildman–Crippen LogP) is -0.384. The Kier molecular flexibility index (Phi) is 4.55. The minimum atomic E-state index is -0.0202. The Hall–Kier alpha value is -1.10. The van der Waals surface area contributed by atoms with Gasteiger partial charge in [-0.15, -0.1) is 0 Å². The van der Waals surface area contributed by atoms with Crippen LogP contribution in [0.15, 0.2) is 0 Å². The molecular formula is C10H18N2O3. The summed E-state index contributed by atoms with van der Waals surface area (Å²) in [5.41, 5.74) is 0. The Morgan fingerprint density at radius 2 is 2.40 bits per heavy atom. The average molecular weight is 214 g/mol. The third kappa shape index (κ3) is 3.20.